The largest absolute Gasteiger partial charge is 0.489 e. The molecule has 0 bridgehead atoms. The summed E-state index contributed by atoms with van der Waals surface area (Å²) in [6.45, 7) is 0.244. The van der Waals surface area contributed by atoms with Gasteiger partial charge in [0.05, 0.1) is 4.90 Å². The van der Waals surface area contributed by atoms with Gasteiger partial charge in [-0.2, -0.15) is 0 Å². The van der Waals surface area contributed by atoms with Crippen LogP contribution in [-0.4, -0.2) is 8.42 Å². The Hall–Kier alpha value is -2.64. The topological polar surface area (TPSA) is 99.6 Å². The SMILES string of the molecule is NS(=O)(=O)c1ccc(COc2ccc3ccc(=O)oc3c2)cc1. The number of fused-ring (bicyclic) bond motifs is 1. The van der Waals surface area contributed by atoms with Crippen molar-refractivity contribution in [1.82, 2.24) is 0 Å². The molecular formula is C16H13NO5S. The summed E-state index contributed by atoms with van der Waals surface area (Å²) in [5.74, 6) is 0.544. The summed E-state index contributed by atoms with van der Waals surface area (Å²) in [6, 6.07) is 14.3. The Morgan fingerprint density at radius 1 is 1.00 bits per heavy atom. The van der Waals surface area contributed by atoms with Crippen molar-refractivity contribution in [1.29, 1.82) is 0 Å². The highest BCUT2D eigenvalue weighted by Gasteiger charge is 2.07. The molecule has 0 aliphatic heterocycles. The summed E-state index contributed by atoms with van der Waals surface area (Å²) < 4.78 is 33.1. The van der Waals surface area contributed by atoms with E-state index >= 15 is 0 Å². The van der Waals surface area contributed by atoms with Crippen LogP contribution in [0.5, 0.6) is 5.75 Å². The molecule has 0 unspecified atom stereocenters. The number of ether oxygens (including phenoxy) is 1. The fourth-order valence-corrected chi connectivity index (χ4v) is 2.59. The molecule has 6 nitrogen and oxygen atoms in total. The summed E-state index contributed by atoms with van der Waals surface area (Å²) in [6.07, 6.45) is 0. The first-order valence-corrected chi connectivity index (χ1v) is 8.25. The third-order valence-corrected chi connectivity index (χ3v) is 4.18. The molecule has 118 valence electrons. The highest BCUT2D eigenvalue weighted by atomic mass is 32.2. The molecule has 0 aliphatic rings. The lowest BCUT2D eigenvalue weighted by molar-refractivity contribution is 0.306. The molecule has 0 aliphatic carbocycles. The first kappa shape index (κ1) is 15.3. The van der Waals surface area contributed by atoms with Crippen LogP contribution in [0.4, 0.5) is 0 Å². The molecule has 0 spiro atoms. The quantitative estimate of drug-likeness (QED) is 0.737. The number of sulfonamides is 1. The van der Waals surface area contributed by atoms with Gasteiger partial charge in [-0.25, -0.2) is 18.4 Å². The van der Waals surface area contributed by atoms with E-state index in [-0.39, 0.29) is 11.5 Å². The van der Waals surface area contributed by atoms with Crippen LogP contribution in [0.3, 0.4) is 0 Å². The molecule has 0 amide bonds. The van der Waals surface area contributed by atoms with Gasteiger partial charge in [-0.1, -0.05) is 12.1 Å². The Kier molecular flexibility index (Phi) is 3.89. The van der Waals surface area contributed by atoms with E-state index in [2.05, 4.69) is 0 Å². The van der Waals surface area contributed by atoms with Crippen LogP contribution in [0.15, 0.2) is 68.7 Å². The van der Waals surface area contributed by atoms with Crippen molar-refractivity contribution < 1.29 is 17.6 Å². The van der Waals surface area contributed by atoms with E-state index in [0.29, 0.717) is 11.3 Å². The van der Waals surface area contributed by atoms with Crippen molar-refractivity contribution in [3.05, 3.63) is 70.6 Å². The minimum Gasteiger partial charge on any atom is -0.489 e. The predicted octanol–water partition coefficient (Wildman–Crippen LogP) is 2.02. The van der Waals surface area contributed by atoms with E-state index in [1.807, 2.05) is 0 Å². The van der Waals surface area contributed by atoms with Crippen molar-refractivity contribution >= 4 is 21.0 Å². The van der Waals surface area contributed by atoms with E-state index in [0.717, 1.165) is 10.9 Å². The molecule has 2 N–H and O–H groups in total. The number of hydrogen-bond donors (Lipinski definition) is 1. The molecule has 0 saturated carbocycles. The van der Waals surface area contributed by atoms with Crippen LogP contribution in [0.25, 0.3) is 11.0 Å². The molecule has 3 rings (SSSR count). The Balaban J connectivity index is 1.76. The van der Waals surface area contributed by atoms with E-state index in [1.54, 1.807) is 36.4 Å². The van der Waals surface area contributed by atoms with Gasteiger partial charge in [0.25, 0.3) is 0 Å². The fourth-order valence-electron chi connectivity index (χ4n) is 2.07. The molecular weight excluding hydrogens is 318 g/mol. The molecule has 1 aromatic heterocycles. The molecule has 7 heteroatoms. The molecule has 23 heavy (non-hydrogen) atoms. The maximum atomic E-state index is 11.2. The molecule has 2 aromatic carbocycles. The van der Waals surface area contributed by atoms with Gasteiger partial charge in [0.15, 0.2) is 0 Å². The van der Waals surface area contributed by atoms with Gasteiger partial charge in [0.1, 0.15) is 17.9 Å². The van der Waals surface area contributed by atoms with Crippen LogP contribution in [0.2, 0.25) is 0 Å². The summed E-state index contributed by atoms with van der Waals surface area (Å²) in [5, 5.41) is 5.84. The average molecular weight is 331 g/mol. The van der Waals surface area contributed by atoms with E-state index in [1.165, 1.54) is 18.2 Å². The predicted molar refractivity (Wildman–Crippen MR) is 84.6 cm³/mol. The second-order valence-corrected chi connectivity index (χ2v) is 6.49. The number of rotatable bonds is 4. The summed E-state index contributed by atoms with van der Waals surface area (Å²) >= 11 is 0. The lowest BCUT2D eigenvalue weighted by atomic mass is 10.2. The molecule has 0 radical (unpaired) electrons. The maximum absolute atomic E-state index is 11.2. The number of primary sulfonamides is 1. The summed E-state index contributed by atoms with van der Waals surface area (Å²) in [5.41, 5.74) is 0.805. The standard InChI is InChI=1S/C16H13NO5S/c17-23(19,20)14-6-1-11(2-7-14)10-21-13-5-3-12-4-8-16(18)22-15(12)9-13/h1-9H,10H2,(H2,17,19,20). The van der Waals surface area contributed by atoms with Gasteiger partial charge in [0, 0.05) is 17.5 Å². The Morgan fingerprint density at radius 2 is 1.70 bits per heavy atom. The highest BCUT2D eigenvalue weighted by molar-refractivity contribution is 7.89. The zero-order valence-corrected chi connectivity index (χ0v) is 12.7. The van der Waals surface area contributed by atoms with E-state index < -0.39 is 15.6 Å². The monoisotopic (exact) mass is 331 g/mol. The van der Waals surface area contributed by atoms with Gasteiger partial charge >= 0.3 is 5.63 Å². The lowest BCUT2D eigenvalue weighted by Gasteiger charge is -2.07. The van der Waals surface area contributed by atoms with E-state index in [9.17, 15) is 13.2 Å². The van der Waals surface area contributed by atoms with Crippen LogP contribution in [0, 0.1) is 0 Å². The molecule has 0 fully saturated rings. The minimum absolute atomic E-state index is 0.0498. The van der Waals surface area contributed by atoms with Crippen LogP contribution >= 0.6 is 0 Å². The zero-order valence-electron chi connectivity index (χ0n) is 11.9. The normalized spacial score (nSPS) is 11.5. The summed E-state index contributed by atoms with van der Waals surface area (Å²) in [4.78, 5) is 11.3. The zero-order chi connectivity index (χ0) is 16.4. The Bertz CT molecular complexity index is 1010. The molecule has 0 atom stereocenters. The smallest absolute Gasteiger partial charge is 0.336 e. The first-order chi connectivity index (χ1) is 10.9. The Labute approximate surface area is 132 Å². The third kappa shape index (κ3) is 3.58. The second kappa shape index (κ2) is 5.86. The van der Waals surface area contributed by atoms with Gasteiger partial charge in [-0.3, -0.25) is 0 Å². The van der Waals surface area contributed by atoms with Crippen LogP contribution < -0.4 is 15.5 Å². The van der Waals surface area contributed by atoms with Crippen molar-refractivity contribution in [3.63, 3.8) is 0 Å². The van der Waals surface area contributed by atoms with Crippen molar-refractivity contribution in [2.24, 2.45) is 5.14 Å². The Morgan fingerprint density at radius 3 is 2.39 bits per heavy atom. The number of nitrogens with two attached hydrogens (primary N) is 1. The third-order valence-electron chi connectivity index (χ3n) is 3.25. The lowest BCUT2D eigenvalue weighted by Crippen LogP contribution is -2.12. The van der Waals surface area contributed by atoms with Crippen molar-refractivity contribution in [3.8, 4) is 5.75 Å². The number of benzene rings is 2. The molecule has 3 aromatic rings. The minimum atomic E-state index is -3.70. The van der Waals surface area contributed by atoms with Crippen molar-refractivity contribution in [2.75, 3.05) is 0 Å². The van der Waals surface area contributed by atoms with Crippen LogP contribution in [0.1, 0.15) is 5.56 Å². The van der Waals surface area contributed by atoms with Crippen molar-refractivity contribution in [2.45, 2.75) is 11.5 Å². The maximum Gasteiger partial charge on any atom is 0.336 e. The van der Waals surface area contributed by atoms with Crippen LogP contribution in [-0.2, 0) is 16.6 Å². The van der Waals surface area contributed by atoms with Gasteiger partial charge in [-0.05, 0) is 35.9 Å². The first-order valence-electron chi connectivity index (χ1n) is 6.70. The fraction of sp³-hybridized carbons (Fsp3) is 0.0625. The molecule has 0 saturated heterocycles. The average Bonchev–Trinajstić information content (AvgIpc) is 2.52. The number of hydrogen-bond acceptors (Lipinski definition) is 5. The van der Waals surface area contributed by atoms with Gasteiger partial charge in [0.2, 0.25) is 10.0 Å². The van der Waals surface area contributed by atoms with Gasteiger partial charge < -0.3 is 9.15 Å². The van der Waals surface area contributed by atoms with E-state index in [4.69, 9.17) is 14.3 Å². The highest BCUT2D eigenvalue weighted by Crippen LogP contribution is 2.20. The van der Waals surface area contributed by atoms with Gasteiger partial charge in [-0.15, -0.1) is 0 Å². The second-order valence-electron chi connectivity index (χ2n) is 4.93. The molecule has 1 heterocycles. The summed E-state index contributed by atoms with van der Waals surface area (Å²) in [7, 11) is -3.70.